The second-order valence-corrected chi connectivity index (χ2v) is 14.1. The van der Waals surface area contributed by atoms with E-state index in [0.29, 0.717) is 11.3 Å². The topological polar surface area (TPSA) is 113 Å². The summed E-state index contributed by atoms with van der Waals surface area (Å²) < 4.78 is 68.7. The number of sulfonamides is 2. The lowest BCUT2D eigenvalue weighted by atomic mass is 10.0. The number of para-hydroxylation sites is 1. The van der Waals surface area contributed by atoms with Gasteiger partial charge in [0.25, 0.3) is 0 Å². The van der Waals surface area contributed by atoms with E-state index in [1.807, 2.05) is 38.1 Å². The average Bonchev–Trinajstić information content (AvgIpc) is 2.94. The molecule has 1 aliphatic heterocycles. The van der Waals surface area contributed by atoms with Gasteiger partial charge in [-0.15, -0.1) is 0 Å². The normalized spacial score (nSPS) is 20.2. The maximum Gasteiger partial charge on any atom is 0.247 e. The van der Waals surface area contributed by atoms with Crippen LogP contribution in [0.4, 0.5) is 0 Å². The molecule has 11 heteroatoms. The largest absolute Gasteiger partial charge is 0.496 e. The van der Waals surface area contributed by atoms with Gasteiger partial charge in [0.2, 0.25) is 20.0 Å². The quantitative estimate of drug-likeness (QED) is 0.426. The molecule has 0 bridgehead atoms. The van der Waals surface area contributed by atoms with Gasteiger partial charge in [0, 0.05) is 31.1 Å². The highest BCUT2D eigenvalue weighted by Crippen LogP contribution is 2.39. The lowest BCUT2D eigenvalue weighted by Crippen LogP contribution is -2.50. The molecule has 1 heterocycles. The Labute approximate surface area is 237 Å². The van der Waals surface area contributed by atoms with E-state index in [4.69, 9.17) is 9.47 Å². The van der Waals surface area contributed by atoms with Crippen LogP contribution in [-0.4, -0.2) is 76.6 Å². The van der Waals surface area contributed by atoms with Gasteiger partial charge in [0.1, 0.15) is 22.5 Å². The second-order valence-electron chi connectivity index (χ2n) is 10.2. The molecule has 9 nitrogen and oxygen atoms in total. The summed E-state index contributed by atoms with van der Waals surface area (Å²) in [5.74, 6) is 0.305. The number of likely N-dealkylation sites (N-methyl/N-ethyl adjacent to an activating group) is 1. The first-order chi connectivity index (χ1) is 18.9. The Bertz CT molecular complexity index is 1560. The van der Waals surface area contributed by atoms with Crippen molar-refractivity contribution in [3.63, 3.8) is 0 Å². The van der Waals surface area contributed by atoms with Crippen LogP contribution in [0.1, 0.15) is 19.4 Å². The van der Waals surface area contributed by atoms with Crippen LogP contribution < -0.4 is 9.47 Å². The Morgan fingerprint density at radius 3 is 2.45 bits per heavy atom. The molecule has 0 saturated heterocycles. The zero-order chi connectivity index (χ0) is 29.2. The van der Waals surface area contributed by atoms with E-state index in [9.17, 15) is 21.9 Å². The van der Waals surface area contributed by atoms with Crippen molar-refractivity contribution in [1.82, 2.24) is 8.61 Å². The third kappa shape index (κ3) is 5.89. The summed E-state index contributed by atoms with van der Waals surface area (Å²) in [7, 11) is -4.83. The van der Waals surface area contributed by atoms with Gasteiger partial charge in [-0.3, -0.25) is 0 Å². The fourth-order valence-electron chi connectivity index (χ4n) is 4.74. The Morgan fingerprint density at radius 1 is 1.12 bits per heavy atom. The molecule has 3 aromatic carbocycles. The van der Waals surface area contributed by atoms with Crippen LogP contribution in [0.25, 0.3) is 11.1 Å². The van der Waals surface area contributed by atoms with Crippen molar-refractivity contribution in [2.24, 2.45) is 5.92 Å². The predicted molar refractivity (Wildman–Crippen MR) is 153 cm³/mol. The third-order valence-electron chi connectivity index (χ3n) is 7.25. The van der Waals surface area contributed by atoms with Crippen molar-refractivity contribution >= 4 is 20.0 Å². The number of hydrogen-bond acceptors (Lipinski definition) is 7. The first-order valence-electron chi connectivity index (χ1n) is 13.0. The fraction of sp³-hybridized carbons (Fsp3) is 0.379. The van der Waals surface area contributed by atoms with Crippen molar-refractivity contribution in [2.75, 3.05) is 33.9 Å². The summed E-state index contributed by atoms with van der Waals surface area (Å²) in [5.41, 5.74) is 2.38. The smallest absolute Gasteiger partial charge is 0.247 e. The summed E-state index contributed by atoms with van der Waals surface area (Å²) >= 11 is 0. The molecule has 40 heavy (non-hydrogen) atoms. The zero-order valence-electron chi connectivity index (χ0n) is 23.3. The molecule has 216 valence electrons. The Hall–Kier alpha value is -2.96. The molecule has 3 aromatic rings. The number of ether oxygens (including phenoxy) is 2. The maximum atomic E-state index is 13.8. The van der Waals surface area contributed by atoms with Crippen molar-refractivity contribution in [3.8, 4) is 22.6 Å². The number of aliphatic hydroxyl groups excluding tert-OH is 1. The number of methoxy groups -OCH3 is 1. The monoisotopic (exact) mass is 588 g/mol. The lowest BCUT2D eigenvalue weighted by molar-refractivity contribution is 0.0905. The van der Waals surface area contributed by atoms with Crippen LogP contribution in [0, 0.1) is 12.8 Å². The zero-order valence-corrected chi connectivity index (χ0v) is 24.9. The molecule has 0 aromatic heterocycles. The molecule has 0 radical (unpaired) electrons. The third-order valence-corrected chi connectivity index (χ3v) is 11.1. The minimum absolute atomic E-state index is 0.0168. The minimum Gasteiger partial charge on any atom is -0.496 e. The highest BCUT2D eigenvalue weighted by atomic mass is 32.2. The van der Waals surface area contributed by atoms with E-state index in [1.54, 1.807) is 50.4 Å². The number of aliphatic hydroxyl groups is 1. The van der Waals surface area contributed by atoms with E-state index >= 15 is 0 Å². The minimum atomic E-state index is -4.04. The fourth-order valence-corrected chi connectivity index (χ4v) is 7.74. The molecule has 0 unspecified atom stereocenters. The van der Waals surface area contributed by atoms with Gasteiger partial charge in [0.15, 0.2) is 0 Å². The summed E-state index contributed by atoms with van der Waals surface area (Å²) in [6, 6.07) is 18.1. The van der Waals surface area contributed by atoms with E-state index in [0.717, 1.165) is 11.1 Å². The molecule has 4 rings (SSSR count). The van der Waals surface area contributed by atoms with Gasteiger partial charge in [-0.1, -0.05) is 48.9 Å². The first-order valence-corrected chi connectivity index (χ1v) is 15.9. The highest BCUT2D eigenvalue weighted by molar-refractivity contribution is 7.89. The van der Waals surface area contributed by atoms with E-state index < -0.39 is 38.1 Å². The van der Waals surface area contributed by atoms with Crippen molar-refractivity contribution in [3.05, 3.63) is 72.3 Å². The number of fused-ring (bicyclic) bond motifs is 1. The van der Waals surface area contributed by atoms with Gasteiger partial charge in [0.05, 0.1) is 25.2 Å². The van der Waals surface area contributed by atoms with Crippen LogP contribution in [0.15, 0.2) is 76.5 Å². The number of nitrogens with zero attached hydrogens (tertiary/aromatic N) is 2. The van der Waals surface area contributed by atoms with Crippen molar-refractivity contribution in [2.45, 2.75) is 42.7 Å². The number of hydrogen-bond donors (Lipinski definition) is 1. The lowest BCUT2D eigenvalue weighted by Gasteiger charge is -2.37. The van der Waals surface area contributed by atoms with Gasteiger partial charge in [-0.25, -0.2) is 16.8 Å². The van der Waals surface area contributed by atoms with Gasteiger partial charge in [-0.2, -0.15) is 8.61 Å². The molecule has 0 aliphatic carbocycles. The Kier molecular flexibility index (Phi) is 8.91. The highest BCUT2D eigenvalue weighted by Gasteiger charge is 2.39. The Balaban J connectivity index is 1.79. The predicted octanol–water partition coefficient (Wildman–Crippen LogP) is 3.76. The molecular weight excluding hydrogens is 552 g/mol. The number of rotatable bonds is 8. The first kappa shape index (κ1) is 30.0. The molecule has 0 amide bonds. The standard InChI is InChI=1S/C29H36N2O7S2/c1-20-10-13-24(14-11-20)39(33,34)30(4)18-28-21(2)17-31(22(3)19-32)40(35,36)29-15-12-23(16-27(29)38-28)25-8-6-7-9-26(25)37-5/h6-16,21-22,28,32H,17-19H2,1-5H3/t21-,22+,28+/m0/s1. The molecule has 0 saturated carbocycles. The number of benzene rings is 3. The van der Waals surface area contributed by atoms with Crippen LogP contribution >= 0.6 is 0 Å². The summed E-state index contributed by atoms with van der Waals surface area (Å²) in [4.78, 5) is 0.114. The Morgan fingerprint density at radius 2 is 1.80 bits per heavy atom. The van der Waals surface area contributed by atoms with E-state index in [2.05, 4.69) is 0 Å². The van der Waals surface area contributed by atoms with E-state index in [-0.39, 0.29) is 35.2 Å². The van der Waals surface area contributed by atoms with Crippen LogP contribution in [-0.2, 0) is 20.0 Å². The van der Waals surface area contributed by atoms with Crippen molar-refractivity contribution < 1.29 is 31.4 Å². The van der Waals surface area contributed by atoms with Gasteiger partial charge in [-0.05, 0) is 49.7 Å². The molecule has 0 fully saturated rings. The van der Waals surface area contributed by atoms with Crippen LogP contribution in [0.5, 0.6) is 11.5 Å². The SMILES string of the molecule is COc1ccccc1-c1ccc2c(c1)O[C@H](CN(C)S(=O)(=O)c1ccc(C)cc1)[C@@H](C)CN([C@H](C)CO)S2(=O)=O. The number of aryl methyl sites for hydroxylation is 1. The summed E-state index contributed by atoms with van der Waals surface area (Å²) in [6.07, 6.45) is -0.694. The summed E-state index contributed by atoms with van der Waals surface area (Å²) in [6.45, 7) is 5.00. The second kappa shape index (κ2) is 11.9. The maximum absolute atomic E-state index is 13.8. The van der Waals surface area contributed by atoms with Crippen LogP contribution in [0.2, 0.25) is 0 Å². The average molecular weight is 589 g/mol. The molecule has 1 N–H and O–H groups in total. The van der Waals surface area contributed by atoms with Gasteiger partial charge >= 0.3 is 0 Å². The van der Waals surface area contributed by atoms with Crippen molar-refractivity contribution in [1.29, 1.82) is 0 Å². The van der Waals surface area contributed by atoms with Gasteiger partial charge < -0.3 is 14.6 Å². The van der Waals surface area contributed by atoms with Crippen LogP contribution in [0.3, 0.4) is 0 Å². The van der Waals surface area contributed by atoms with E-state index in [1.165, 1.54) is 21.7 Å². The summed E-state index contributed by atoms with van der Waals surface area (Å²) in [5, 5.41) is 9.89. The molecule has 0 spiro atoms. The molecule has 3 atom stereocenters. The molecular formula is C29H36N2O7S2. The molecule has 1 aliphatic rings.